The predicted molar refractivity (Wildman–Crippen MR) is 130 cm³/mol. The van der Waals surface area contributed by atoms with E-state index in [-0.39, 0.29) is 11.0 Å². The lowest BCUT2D eigenvalue weighted by molar-refractivity contribution is 0.0973. The number of rotatable bonds is 7. The Morgan fingerprint density at radius 3 is 2.61 bits per heavy atom. The highest BCUT2D eigenvalue weighted by molar-refractivity contribution is 7.80. The summed E-state index contributed by atoms with van der Waals surface area (Å²) in [6.45, 7) is 2.49. The summed E-state index contributed by atoms with van der Waals surface area (Å²) in [6.07, 6.45) is 0.774. The van der Waals surface area contributed by atoms with Gasteiger partial charge in [-0.25, -0.2) is 0 Å². The van der Waals surface area contributed by atoms with Gasteiger partial charge in [-0.3, -0.25) is 10.1 Å². The van der Waals surface area contributed by atoms with Crippen LogP contribution in [0.3, 0.4) is 0 Å². The van der Waals surface area contributed by atoms with Crippen LogP contribution in [0.15, 0.2) is 42.5 Å². The van der Waals surface area contributed by atoms with Crippen LogP contribution < -0.4 is 20.1 Å². The standard InChI is InChI=1S/C22H22N6O3S2/c1-4-18-25-26-22-28(18)27-20(33-22)14-7-5-13(6-8-14)12-23-21(32)24-19(29)16-10-9-15(30-2)11-17(16)31-3/h5-11H,4,12H2,1-3H3,(H2,23,24,29,32). The number of thiocarbonyl (C=S) groups is 1. The molecule has 33 heavy (non-hydrogen) atoms. The van der Waals surface area contributed by atoms with Gasteiger partial charge < -0.3 is 14.8 Å². The Kier molecular flexibility index (Phi) is 6.80. The van der Waals surface area contributed by atoms with Gasteiger partial charge in [0.1, 0.15) is 16.5 Å². The number of nitrogens with zero attached hydrogens (tertiary/aromatic N) is 4. The first-order chi connectivity index (χ1) is 16.0. The van der Waals surface area contributed by atoms with Crippen LogP contribution in [0.5, 0.6) is 11.5 Å². The number of aryl methyl sites for hydroxylation is 1. The average Bonchev–Trinajstić information content (AvgIpc) is 3.43. The topological polar surface area (TPSA) is 103 Å². The van der Waals surface area contributed by atoms with Gasteiger partial charge in [-0.15, -0.1) is 10.2 Å². The number of fused-ring (bicyclic) bond motifs is 1. The van der Waals surface area contributed by atoms with Crippen molar-refractivity contribution in [3.63, 3.8) is 0 Å². The van der Waals surface area contributed by atoms with Crippen LogP contribution in [-0.4, -0.2) is 45.1 Å². The molecule has 2 heterocycles. The van der Waals surface area contributed by atoms with Crippen LogP contribution in [0.25, 0.3) is 15.5 Å². The summed E-state index contributed by atoms with van der Waals surface area (Å²) >= 11 is 6.77. The van der Waals surface area contributed by atoms with Crippen molar-refractivity contribution < 1.29 is 14.3 Å². The van der Waals surface area contributed by atoms with Crippen LogP contribution in [0, 0.1) is 0 Å². The Hall–Kier alpha value is -3.57. The highest BCUT2D eigenvalue weighted by atomic mass is 32.1. The first-order valence-corrected chi connectivity index (χ1v) is 11.4. The smallest absolute Gasteiger partial charge is 0.261 e. The molecule has 9 nitrogen and oxygen atoms in total. The van der Waals surface area contributed by atoms with E-state index in [9.17, 15) is 4.79 Å². The zero-order valence-electron chi connectivity index (χ0n) is 18.3. The maximum Gasteiger partial charge on any atom is 0.261 e. The predicted octanol–water partition coefficient (Wildman–Crippen LogP) is 3.24. The molecule has 11 heteroatoms. The van der Waals surface area contributed by atoms with E-state index >= 15 is 0 Å². The number of aromatic nitrogens is 4. The molecule has 2 N–H and O–H groups in total. The number of carbonyl (C=O) groups is 1. The minimum atomic E-state index is -0.364. The first kappa shape index (κ1) is 22.6. The van der Waals surface area contributed by atoms with Gasteiger partial charge in [-0.05, 0) is 29.9 Å². The Balaban J connectivity index is 1.35. The molecule has 0 radical (unpaired) electrons. The van der Waals surface area contributed by atoms with Gasteiger partial charge in [-0.2, -0.15) is 9.61 Å². The summed E-state index contributed by atoms with van der Waals surface area (Å²) < 4.78 is 12.2. The molecule has 2 aromatic carbocycles. The van der Waals surface area contributed by atoms with Crippen molar-refractivity contribution in [3.8, 4) is 22.1 Å². The summed E-state index contributed by atoms with van der Waals surface area (Å²) in [6, 6.07) is 12.9. The van der Waals surface area contributed by atoms with Gasteiger partial charge >= 0.3 is 0 Å². The molecule has 2 aromatic heterocycles. The number of carbonyl (C=O) groups excluding carboxylic acids is 1. The number of amides is 1. The van der Waals surface area contributed by atoms with Crippen molar-refractivity contribution in [2.45, 2.75) is 19.9 Å². The van der Waals surface area contributed by atoms with Crippen molar-refractivity contribution in [2.75, 3.05) is 14.2 Å². The van der Waals surface area contributed by atoms with Gasteiger partial charge in [0.15, 0.2) is 10.9 Å². The lowest BCUT2D eigenvalue weighted by atomic mass is 10.1. The lowest BCUT2D eigenvalue weighted by Gasteiger charge is -2.12. The second kappa shape index (κ2) is 9.92. The molecule has 170 valence electrons. The Morgan fingerprint density at radius 2 is 1.91 bits per heavy atom. The zero-order valence-corrected chi connectivity index (χ0v) is 19.9. The highest BCUT2D eigenvalue weighted by Gasteiger charge is 2.15. The van der Waals surface area contributed by atoms with E-state index in [1.165, 1.54) is 18.4 Å². The largest absolute Gasteiger partial charge is 0.497 e. The molecule has 0 saturated carbocycles. The van der Waals surface area contributed by atoms with Gasteiger partial charge in [-0.1, -0.05) is 42.5 Å². The lowest BCUT2D eigenvalue weighted by Crippen LogP contribution is -2.39. The molecule has 0 spiro atoms. The number of hydrogen-bond donors (Lipinski definition) is 2. The molecular formula is C22H22N6O3S2. The second-order valence-electron chi connectivity index (χ2n) is 6.97. The van der Waals surface area contributed by atoms with E-state index in [2.05, 4.69) is 25.9 Å². The fourth-order valence-corrected chi connectivity index (χ4v) is 4.17. The summed E-state index contributed by atoms with van der Waals surface area (Å²) in [5.74, 6) is 1.48. The summed E-state index contributed by atoms with van der Waals surface area (Å²) in [5.41, 5.74) is 2.37. The fraction of sp³-hybridized carbons (Fsp3) is 0.227. The van der Waals surface area contributed by atoms with E-state index in [0.29, 0.717) is 23.6 Å². The minimum Gasteiger partial charge on any atom is -0.497 e. The number of benzene rings is 2. The van der Waals surface area contributed by atoms with Crippen molar-refractivity contribution in [2.24, 2.45) is 0 Å². The number of hydrogen-bond acceptors (Lipinski definition) is 8. The van der Waals surface area contributed by atoms with E-state index in [0.717, 1.165) is 33.3 Å². The van der Waals surface area contributed by atoms with Crippen molar-refractivity contribution in [1.82, 2.24) is 30.4 Å². The van der Waals surface area contributed by atoms with Gasteiger partial charge in [0, 0.05) is 24.6 Å². The maximum absolute atomic E-state index is 12.6. The van der Waals surface area contributed by atoms with Crippen LogP contribution in [0.4, 0.5) is 0 Å². The van der Waals surface area contributed by atoms with E-state index in [1.807, 2.05) is 31.2 Å². The molecule has 1 amide bonds. The Bertz CT molecular complexity index is 1300. The molecule has 0 bridgehead atoms. The molecule has 4 aromatic rings. The third-order valence-electron chi connectivity index (χ3n) is 4.91. The Morgan fingerprint density at radius 1 is 1.12 bits per heavy atom. The first-order valence-electron chi connectivity index (χ1n) is 10.1. The molecule has 4 rings (SSSR count). The molecule has 0 saturated heterocycles. The quantitative estimate of drug-likeness (QED) is 0.387. The van der Waals surface area contributed by atoms with E-state index in [4.69, 9.17) is 21.7 Å². The van der Waals surface area contributed by atoms with Crippen LogP contribution in [-0.2, 0) is 13.0 Å². The van der Waals surface area contributed by atoms with Gasteiger partial charge in [0.25, 0.3) is 5.91 Å². The van der Waals surface area contributed by atoms with Crippen LogP contribution in [0.1, 0.15) is 28.7 Å². The minimum absolute atomic E-state index is 0.225. The highest BCUT2D eigenvalue weighted by Crippen LogP contribution is 2.26. The SMILES string of the molecule is CCc1nnc2sc(-c3ccc(CNC(=S)NC(=O)c4ccc(OC)cc4OC)cc3)nn12. The number of ether oxygens (including phenoxy) is 2. The van der Waals surface area contributed by atoms with Crippen molar-refractivity contribution >= 4 is 39.5 Å². The monoisotopic (exact) mass is 482 g/mol. The molecular weight excluding hydrogens is 460 g/mol. The van der Waals surface area contributed by atoms with Gasteiger partial charge in [0.2, 0.25) is 4.96 Å². The van der Waals surface area contributed by atoms with Crippen molar-refractivity contribution in [3.05, 3.63) is 59.4 Å². The third-order valence-corrected chi connectivity index (χ3v) is 6.10. The van der Waals surface area contributed by atoms with Crippen molar-refractivity contribution in [1.29, 1.82) is 0 Å². The molecule has 0 aliphatic rings. The molecule has 0 atom stereocenters. The fourth-order valence-electron chi connectivity index (χ4n) is 3.14. The third kappa shape index (κ3) is 4.94. The Labute approximate surface area is 199 Å². The molecule has 0 aliphatic carbocycles. The average molecular weight is 483 g/mol. The normalized spacial score (nSPS) is 10.8. The molecule has 0 unspecified atom stereocenters. The number of nitrogens with one attached hydrogen (secondary N) is 2. The summed E-state index contributed by atoms with van der Waals surface area (Å²) in [7, 11) is 3.05. The molecule has 0 fully saturated rings. The van der Waals surface area contributed by atoms with Gasteiger partial charge in [0.05, 0.1) is 19.8 Å². The van der Waals surface area contributed by atoms with E-state index < -0.39 is 0 Å². The maximum atomic E-state index is 12.6. The summed E-state index contributed by atoms with van der Waals surface area (Å²) in [4.78, 5) is 13.3. The molecule has 0 aliphatic heterocycles. The van der Waals surface area contributed by atoms with Crippen LogP contribution >= 0.6 is 23.6 Å². The number of methoxy groups -OCH3 is 2. The van der Waals surface area contributed by atoms with E-state index in [1.54, 1.807) is 29.8 Å². The summed E-state index contributed by atoms with van der Waals surface area (Å²) in [5, 5.41) is 19.7. The van der Waals surface area contributed by atoms with Crippen LogP contribution in [0.2, 0.25) is 0 Å². The second-order valence-corrected chi connectivity index (χ2v) is 8.34. The zero-order chi connectivity index (χ0) is 23.4.